The molecule has 112 valence electrons. The van der Waals surface area contributed by atoms with Crippen LogP contribution in [0, 0.1) is 12.7 Å². The quantitative estimate of drug-likeness (QED) is 0.451. The van der Waals surface area contributed by atoms with Crippen LogP contribution >= 0.6 is 0 Å². The minimum absolute atomic E-state index is 0.0489. The van der Waals surface area contributed by atoms with Crippen LogP contribution in [0.5, 0.6) is 0 Å². The summed E-state index contributed by atoms with van der Waals surface area (Å²) in [5.74, 6) is -0.0489. The van der Waals surface area contributed by atoms with Gasteiger partial charge in [0.15, 0.2) is 0 Å². The minimum Gasteiger partial charge on any atom is -0.310 e. The minimum atomic E-state index is -0.0489. The maximum atomic E-state index is 14.3. The average Bonchev–Trinajstić information content (AvgIpc) is 2.45. The fourth-order valence-electron chi connectivity index (χ4n) is 2.44. The molecule has 2 heteroatoms. The van der Waals surface area contributed by atoms with Gasteiger partial charge in [-0.1, -0.05) is 44.0 Å². The van der Waals surface area contributed by atoms with Crippen LogP contribution in [0.4, 0.5) is 4.39 Å². The van der Waals surface area contributed by atoms with Crippen LogP contribution in [0.15, 0.2) is 30.9 Å². The molecule has 0 aliphatic heterocycles. The summed E-state index contributed by atoms with van der Waals surface area (Å²) in [6.07, 6.45) is 8.60. The molecule has 0 saturated carbocycles. The van der Waals surface area contributed by atoms with E-state index in [1.165, 1.54) is 12.8 Å². The Balaban J connectivity index is 2.63. The zero-order valence-electron chi connectivity index (χ0n) is 12.9. The molecule has 1 aromatic rings. The third kappa shape index (κ3) is 5.46. The summed E-state index contributed by atoms with van der Waals surface area (Å²) < 4.78 is 14.3. The van der Waals surface area contributed by atoms with Crippen molar-refractivity contribution in [3.05, 3.63) is 47.8 Å². The molecule has 0 saturated heterocycles. The van der Waals surface area contributed by atoms with E-state index in [0.29, 0.717) is 0 Å². The molecule has 0 spiro atoms. The number of benzene rings is 1. The molecule has 1 rings (SSSR count). The standard InChI is InChI=1S/C18H28FN/c1-4-6-7-8-9-13-17(20-14-5-2)16-12-10-11-15(3)18(16)19/h4,10-12,17,20H,1,5-9,13-14H2,2-3H3. The summed E-state index contributed by atoms with van der Waals surface area (Å²) in [4.78, 5) is 0. The first-order valence-electron chi connectivity index (χ1n) is 7.80. The first kappa shape index (κ1) is 16.9. The Morgan fingerprint density at radius 3 is 2.80 bits per heavy atom. The topological polar surface area (TPSA) is 12.0 Å². The van der Waals surface area contributed by atoms with Gasteiger partial charge in [-0.05, 0) is 44.7 Å². The molecule has 1 atom stereocenters. The van der Waals surface area contributed by atoms with E-state index in [2.05, 4.69) is 18.8 Å². The van der Waals surface area contributed by atoms with Crippen molar-refractivity contribution < 1.29 is 4.39 Å². The van der Waals surface area contributed by atoms with E-state index in [4.69, 9.17) is 0 Å². The van der Waals surface area contributed by atoms with Crippen molar-refractivity contribution in [2.45, 2.75) is 58.4 Å². The van der Waals surface area contributed by atoms with Gasteiger partial charge in [0.2, 0.25) is 0 Å². The van der Waals surface area contributed by atoms with Gasteiger partial charge in [0.25, 0.3) is 0 Å². The van der Waals surface area contributed by atoms with Gasteiger partial charge in [-0.15, -0.1) is 6.58 Å². The van der Waals surface area contributed by atoms with Crippen LogP contribution in [-0.2, 0) is 0 Å². The van der Waals surface area contributed by atoms with Gasteiger partial charge >= 0.3 is 0 Å². The van der Waals surface area contributed by atoms with Crippen LogP contribution in [0.1, 0.15) is 62.6 Å². The van der Waals surface area contributed by atoms with Crippen LogP contribution in [0.25, 0.3) is 0 Å². The van der Waals surface area contributed by atoms with Crippen LogP contribution in [0.2, 0.25) is 0 Å². The van der Waals surface area contributed by atoms with E-state index in [1.807, 2.05) is 31.2 Å². The molecule has 0 radical (unpaired) electrons. The number of nitrogens with one attached hydrogen (secondary N) is 1. The Labute approximate surface area is 123 Å². The Bertz CT molecular complexity index is 400. The zero-order chi connectivity index (χ0) is 14.8. The highest BCUT2D eigenvalue weighted by Crippen LogP contribution is 2.24. The van der Waals surface area contributed by atoms with Gasteiger partial charge in [-0.25, -0.2) is 4.39 Å². The van der Waals surface area contributed by atoms with E-state index in [1.54, 1.807) is 0 Å². The number of hydrogen-bond acceptors (Lipinski definition) is 1. The number of halogens is 1. The van der Waals surface area contributed by atoms with Crippen molar-refractivity contribution in [2.75, 3.05) is 6.54 Å². The van der Waals surface area contributed by atoms with Gasteiger partial charge in [0, 0.05) is 11.6 Å². The first-order chi connectivity index (χ1) is 9.70. The van der Waals surface area contributed by atoms with E-state index in [-0.39, 0.29) is 11.9 Å². The van der Waals surface area contributed by atoms with Crippen molar-refractivity contribution in [3.8, 4) is 0 Å². The normalized spacial score (nSPS) is 12.3. The summed E-state index contributed by atoms with van der Waals surface area (Å²) in [5.41, 5.74) is 1.56. The van der Waals surface area contributed by atoms with Crippen LogP contribution in [-0.4, -0.2) is 6.54 Å². The van der Waals surface area contributed by atoms with E-state index >= 15 is 0 Å². The molecule has 20 heavy (non-hydrogen) atoms. The second-order valence-corrected chi connectivity index (χ2v) is 5.41. The fraction of sp³-hybridized carbons (Fsp3) is 0.556. The number of allylic oxidation sites excluding steroid dienone is 1. The molecule has 0 aromatic heterocycles. The second-order valence-electron chi connectivity index (χ2n) is 5.41. The predicted octanol–water partition coefficient (Wildman–Crippen LogP) is 5.31. The summed E-state index contributed by atoms with van der Waals surface area (Å²) in [6.45, 7) is 8.65. The average molecular weight is 277 g/mol. The monoisotopic (exact) mass is 277 g/mol. The first-order valence-corrected chi connectivity index (χ1v) is 7.80. The molecule has 1 aromatic carbocycles. The van der Waals surface area contributed by atoms with Gasteiger partial charge in [0.1, 0.15) is 5.82 Å². The largest absolute Gasteiger partial charge is 0.310 e. The lowest BCUT2D eigenvalue weighted by atomic mass is 9.97. The van der Waals surface area contributed by atoms with Gasteiger partial charge in [-0.3, -0.25) is 0 Å². The van der Waals surface area contributed by atoms with Crippen LogP contribution < -0.4 is 5.32 Å². The molecular formula is C18H28FN. The van der Waals surface area contributed by atoms with Gasteiger partial charge < -0.3 is 5.32 Å². The van der Waals surface area contributed by atoms with Gasteiger partial charge in [-0.2, -0.15) is 0 Å². The number of unbranched alkanes of at least 4 members (excludes halogenated alkanes) is 3. The van der Waals surface area contributed by atoms with E-state index in [0.717, 1.165) is 43.4 Å². The Kier molecular flexibility index (Phi) is 8.20. The lowest BCUT2D eigenvalue weighted by Gasteiger charge is -2.20. The third-order valence-corrected chi connectivity index (χ3v) is 3.64. The Hall–Kier alpha value is -1.15. The molecule has 1 N–H and O–H groups in total. The number of hydrogen-bond donors (Lipinski definition) is 1. The smallest absolute Gasteiger partial charge is 0.130 e. The molecule has 0 fully saturated rings. The van der Waals surface area contributed by atoms with Crippen molar-refractivity contribution >= 4 is 0 Å². The second kappa shape index (κ2) is 9.71. The summed E-state index contributed by atoms with van der Waals surface area (Å²) in [7, 11) is 0. The highest BCUT2D eigenvalue weighted by atomic mass is 19.1. The molecule has 1 unspecified atom stereocenters. The van der Waals surface area contributed by atoms with E-state index in [9.17, 15) is 4.39 Å². The van der Waals surface area contributed by atoms with Crippen molar-refractivity contribution in [1.82, 2.24) is 5.32 Å². The van der Waals surface area contributed by atoms with Crippen LogP contribution in [0.3, 0.4) is 0 Å². The molecule has 0 heterocycles. The maximum Gasteiger partial charge on any atom is 0.130 e. The van der Waals surface area contributed by atoms with Crippen molar-refractivity contribution in [1.29, 1.82) is 0 Å². The van der Waals surface area contributed by atoms with Gasteiger partial charge in [0.05, 0.1) is 0 Å². The number of rotatable bonds is 10. The zero-order valence-corrected chi connectivity index (χ0v) is 12.9. The lowest BCUT2D eigenvalue weighted by molar-refractivity contribution is 0.451. The fourth-order valence-corrected chi connectivity index (χ4v) is 2.44. The van der Waals surface area contributed by atoms with E-state index < -0.39 is 0 Å². The molecular weight excluding hydrogens is 249 g/mol. The number of aryl methyl sites for hydroxylation is 1. The summed E-state index contributed by atoms with van der Waals surface area (Å²) in [5, 5.41) is 3.48. The van der Waals surface area contributed by atoms with Crippen molar-refractivity contribution in [3.63, 3.8) is 0 Å². The SMILES string of the molecule is C=CCCCCCC(NCCC)c1cccc(C)c1F. The Morgan fingerprint density at radius 2 is 2.10 bits per heavy atom. The predicted molar refractivity (Wildman–Crippen MR) is 85.5 cm³/mol. The molecule has 0 aliphatic rings. The summed E-state index contributed by atoms with van der Waals surface area (Å²) in [6, 6.07) is 5.84. The highest BCUT2D eigenvalue weighted by molar-refractivity contribution is 5.27. The molecule has 0 amide bonds. The maximum absolute atomic E-state index is 14.3. The molecule has 0 bridgehead atoms. The van der Waals surface area contributed by atoms with Crippen molar-refractivity contribution in [2.24, 2.45) is 0 Å². The molecule has 0 aliphatic carbocycles. The Morgan fingerprint density at radius 1 is 1.30 bits per heavy atom. The third-order valence-electron chi connectivity index (χ3n) is 3.64. The lowest BCUT2D eigenvalue weighted by Crippen LogP contribution is -2.23. The molecule has 1 nitrogen and oxygen atoms in total. The highest BCUT2D eigenvalue weighted by Gasteiger charge is 2.15. The summed E-state index contributed by atoms with van der Waals surface area (Å²) >= 11 is 0.